The highest BCUT2D eigenvalue weighted by atomic mass is 32.2. The van der Waals surface area contributed by atoms with E-state index in [1.807, 2.05) is 0 Å². The summed E-state index contributed by atoms with van der Waals surface area (Å²) < 4.78 is 3.86. The van der Waals surface area contributed by atoms with Gasteiger partial charge < -0.3 is 10.5 Å². The number of rotatable bonds is 1. The zero-order valence-corrected chi connectivity index (χ0v) is 6.20. The lowest BCUT2D eigenvalue weighted by molar-refractivity contribution is -0.126. The van der Waals surface area contributed by atoms with E-state index in [0.717, 1.165) is 0 Å². The van der Waals surface area contributed by atoms with E-state index in [-0.39, 0.29) is 5.17 Å². The first-order chi connectivity index (χ1) is 4.18. The van der Waals surface area contributed by atoms with E-state index >= 15 is 0 Å². The van der Waals surface area contributed by atoms with Crippen molar-refractivity contribution in [1.82, 2.24) is 0 Å². The lowest BCUT2D eigenvalue weighted by atomic mass is 11.4. The smallest absolute Gasteiger partial charge is 0.292 e. The zero-order chi connectivity index (χ0) is 7.70. The molecule has 4 nitrogen and oxygen atoms in total. The molecule has 0 aromatic carbocycles. The van der Waals surface area contributed by atoms with Gasteiger partial charge in [-0.25, -0.2) is 0 Å². The monoisotopic (exact) mass is 150 g/mol. The largest absolute Gasteiger partial charge is 0.471 e. The quantitative estimate of drug-likeness (QED) is 0.314. The fraction of sp³-hybridized carbons (Fsp3) is 0.500. The highest BCUT2D eigenvalue weighted by Gasteiger charge is 1.71. The maximum atomic E-state index is 8.95. The number of hydrogen-bond donors (Lipinski definition) is 2. The molecule has 9 heavy (non-hydrogen) atoms. The molecule has 0 bridgehead atoms. The second-order valence-corrected chi connectivity index (χ2v) is 1.75. The lowest BCUT2D eigenvalue weighted by Crippen LogP contribution is -2.01. The summed E-state index contributed by atoms with van der Waals surface area (Å²) >= 11 is 1.24. The van der Waals surface area contributed by atoms with Crippen molar-refractivity contribution in [2.24, 2.45) is 5.73 Å². The number of ether oxygens (including phenoxy) is 1. The predicted octanol–water partition coefficient (Wildman–Crippen LogP) is 0.0321. The van der Waals surface area contributed by atoms with Crippen LogP contribution in [0.2, 0.25) is 0 Å². The third-order valence-corrected chi connectivity index (χ3v) is 0.756. The molecule has 0 rings (SSSR count). The molecule has 3 N–H and O–H groups in total. The lowest BCUT2D eigenvalue weighted by Gasteiger charge is -1.78. The summed E-state index contributed by atoms with van der Waals surface area (Å²) in [7, 11) is 1.31. The Labute approximate surface area is 58.3 Å². The van der Waals surface area contributed by atoms with Crippen molar-refractivity contribution in [3.8, 4) is 0 Å². The molecule has 0 unspecified atom stereocenters. The first kappa shape index (κ1) is 11.1. The second-order valence-electron chi connectivity index (χ2n) is 0.900. The summed E-state index contributed by atoms with van der Waals surface area (Å²) in [4.78, 5) is 8.95. The van der Waals surface area contributed by atoms with Crippen molar-refractivity contribution >= 4 is 23.4 Å². The van der Waals surface area contributed by atoms with Crippen LogP contribution in [0.1, 0.15) is 0 Å². The van der Waals surface area contributed by atoms with Gasteiger partial charge in [0.25, 0.3) is 6.47 Å². The van der Waals surface area contributed by atoms with Crippen molar-refractivity contribution in [1.29, 1.82) is 5.41 Å². The number of nitrogens with two attached hydrogens (primary N) is 1. The average Bonchev–Trinajstić information content (AvgIpc) is 1.89. The fourth-order valence-corrected chi connectivity index (χ4v) is 0. The number of hydrogen-bond acceptors (Lipinski definition) is 4. The highest BCUT2D eigenvalue weighted by molar-refractivity contribution is 8.13. The van der Waals surface area contributed by atoms with Gasteiger partial charge in [0, 0.05) is 0 Å². The van der Waals surface area contributed by atoms with E-state index in [1.54, 1.807) is 6.26 Å². The summed E-state index contributed by atoms with van der Waals surface area (Å²) in [6.07, 6.45) is 1.77. The minimum Gasteiger partial charge on any atom is -0.471 e. The Balaban J connectivity index is 0. The molecule has 0 radical (unpaired) electrons. The van der Waals surface area contributed by atoms with Gasteiger partial charge in [-0.2, -0.15) is 0 Å². The van der Waals surface area contributed by atoms with Gasteiger partial charge in [-0.15, -0.1) is 0 Å². The molecule has 0 aliphatic carbocycles. The molecule has 0 heterocycles. The molecule has 0 aromatic heterocycles. The van der Waals surface area contributed by atoms with Crippen molar-refractivity contribution in [3.05, 3.63) is 0 Å². The van der Waals surface area contributed by atoms with Gasteiger partial charge >= 0.3 is 0 Å². The van der Waals surface area contributed by atoms with Gasteiger partial charge in [0.05, 0.1) is 7.11 Å². The third kappa shape index (κ3) is 38.9. The Bertz CT molecular complexity index is 86.6. The van der Waals surface area contributed by atoms with E-state index in [1.165, 1.54) is 18.9 Å². The van der Waals surface area contributed by atoms with Crippen LogP contribution in [-0.4, -0.2) is 25.0 Å². The number of nitrogens with one attached hydrogen (secondary N) is 1. The van der Waals surface area contributed by atoms with Gasteiger partial charge in [0.1, 0.15) is 0 Å². The molecule has 0 aliphatic rings. The van der Waals surface area contributed by atoms with Crippen LogP contribution in [0.15, 0.2) is 0 Å². The second kappa shape index (κ2) is 10.3. The Hall–Kier alpha value is -0.710. The molecule has 0 saturated heterocycles. The molecule has 0 saturated carbocycles. The maximum absolute atomic E-state index is 8.95. The number of amidine groups is 1. The van der Waals surface area contributed by atoms with E-state index in [0.29, 0.717) is 6.47 Å². The van der Waals surface area contributed by atoms with Gasteiger partial charge in [-0.05, 0) is 6.26 Å². The first-order valence-corrected chi connectivity index (χ1v) is 3.26. The molecule has 0 fully saturated rings. The Kier molecular flexibility index (Phi) is 12.8. The van der Waals surface area contributed by atoms with E-state index in [9.17, 15) is 0 Å². The molecule has 5 heteroatoms. The van der Waals surface area contributed by atoms with E-state index in [4.69, 9.17) is 15.9 Å². The number of methoxy groups -OCH3 is 1. The standard InChI is InChI=1S/C2H6N2S.C2H4O2/c1-5-2(3)4;1-4-2-3/h1H3,(H3,3,4);2H,1H3. The SMILES string of the molecule is COC=O.CSC(=N)N. The van der Waals surface area contributed by atoms with Crippen molar-refractivity contribution in [3.63, 3.8) is 0 Å². The number of carbonyl (C=O) groups is 1. The van der Waals surface area contributed by atoms with Crippen LogP contribution in [0, 0.1) is 5.41 Å². The van der Waals surface area contributed by atoms with Crippen LogP contribution in [0.25, 0.3) is 0 Å². The first-order valence-electron chi connectivity index (χ1n) is 2.03. The summed E-state index contributed by atoms with van der Waals surface area (Å²) in [5, 5.41) is 6.66. The average molecular weight is 150 g/mol. The topological polar surface area (TPSA) is 76.2 Å². The fourth-order valence-electron chi connectivity index (χ4n) is 0. The highest BCUT2D eigenvalue weighted by Crippen LogP contribution is 1.83. The molecule has 0 aromatic rings. The van der Waals surface area contributed by atoms with Crippen molar-refractivity contribution in [2.45, 2.75) is 0 Å². The molecule has 0 aliphatic heterocycles. The minimum atomic E-state index is 0.171. The maximum Gasteiger partial charge on any atom is 0.292 e. The van der Waals surface area contributed by atoms with Crippen molar-refractivity contribution < 1.29 is 9.53 Å². The molecule has 54 valence electrons. The molecular weight excluding hydrogens is 140 g/mol. The third-order valence-electron chi connectivity index (χ3n) is 0.316. The van der Waals surface area contributed by atoms with Gasteiger partial charge in [-0.1, -0.05) is 11.8 Å². The molecule has 0 spiro atoms. The zero-order valence-electron chi connectivity index (χ0n) is 5.38. The van der Waals surface area contributed by atoms with Gasteiger partial charge in [-0.3, -0.25) is 10.2 Å². The van der Waals surface area contributed by atoms with Crippen molar-refractivity contribution in [2.75, 3.05) is 13.4 Å². The molecule has 0 amide bonds. The van der Waals surface area contributed by atoms with Crippen LogP contribution >= 0.6 is 11.8 Å². The van der Waals surface area contributed by atoms with E-state index in [2.05, 4.69) is 4.74 Å². The van der Waals surface area contributed by atoms with Crippen LogP contribution in [-0.2, 0) is 9.53 Å². The summed E-state index contributed by atoms with van der Waals surface area (Å²) in [5.41, 5.74) is 4.84. The van der Waals surface area contributed by atoms with E-state index < -0.39 is 0 Å². The minimum absolute atomic E-state index is 0.171. The number of carbonyl (C=O) groups excluding carboxylic acids is 1. The predicted molar refractivity (Wildman–Crippen MR) is 38.5 cm³/mol. The number of thioether (sulfide) groups is 1. The van der Waals surface area contributed by atoms with Crippen LogP contribution in [0.4, 0.5) is 0 Å². The molecular formula is C4H10N2O2S. The summed E-state index contributed by atoms with van der Waals surface area (Å²) in [6.45, 7) is 0.375. The molecule has 0 atom stereocenters. The van der Waals surface area contributed by atoms with Gasteiger partial charge in [0.15, 0.2) is 5.17 Å². The van der Waals surface area contributed by atoms with Crippen LogP contribution in [0.3, 0.4) is 0 Å². The Morgan fingerprint density at radius 1 is 1.89 bits per heavy atom. The summed E-state index contributed by atoms with van der Waals surface area (Å²) in [6, 6.07) is 0. The summed E-state index contributed by atoms with van der Waals surface area (Å²) in [5.74, 6) is 0. The normalized spacial score (nSPS) is 6.44. The van der Waals surface area contributed by atoms with Crippen LogP contribution < -0.4 is 5.73 Å². The Morgan fingerprint density at radius 3 is 2.11 bits per heavy atom. The Morgan fingerprint density at radius 2 is 2.11 bits per heavy atom. The van der Waals surface area contributed by atoms with Gasteiger partial charge in [0.2, 0.25) is 0 Å². The van der Waals surface area contributed by atoms with Crippen LogP contribution in [0.5, 0.6) is 0 Å².